The zero-order chi connectivity index (χ0) is 50.0. The van der Waals surface area contributed by atoms with Crippen molar-refractivity contribution in [2.75, 3.05) is 32.1 Å². The van der Waals surface area contributed by atoms with Gasteiger partial charge in [-0.25, -0.2) is 0 Å². The number of thiazole rings is 2. The minimum atomic E-state index is -0.600. The zero-order valence-electron chi connectivity index (χ0n) is 37.5. The van der Waals surface area contributed by atoms with E-state index in [9.17, 15) is 40.0 Å². The van der Waals surface area contributed by atoms with Crippen LogP contribution in [0, 0.1) is 20.2 Å². The molecule has 3 heterocycles. The summed E-state index contributed by atoms with van der Waals surface area (Å²) in [6.45, 7) is 6.37. The van der Waals surface area contributed by atoms with Crippen molar-refractivity contribution < 1.29 is 55.7 Å². The molecule has 0 atom stereocenters. The van der Waals surface area contributed by atoms with Gasteiger partial charge in [-0.2, -0.15) is 4.58 Å². The van der Waals surface area contributed by atoms with Gasteiger partial charge < -0.3 is 40.0 Å². The SMILES string of the molecule is CCN(CC)c1ccc(/C=C/C2=[N+](C)c3ccc(Br)cc3C23CCCCC3)c(OC)c1.O=C1C=C(O)C(=NN=c2[n-]cc([N+](=O)[O-])s2)C=C1Cl.O=C1C=C(O)C(=NN=c2[n-]cc([N+](=O)[O-])s2)C=C1Cl.[Co]. The summed E-state index contributed by atoms with van der Waals surface area (Å²) < 4.78 is 9.35. The van der Waals surface area contributed by atoms with Gasteiger partial charge in [-0.05, 0) is 69.2 Å². The number of allylic oxidation sites excluding steroid dienone is 7. The van der Waals surface area contributed by atoms with Crippen LogP contribution in [0.2, 0.25) is 0 Å². The average Bonchev–Trinajstić information content (AvgIpc) is 4.07. The van der Waals surface area contributed by atoms with Gasteiger partial charge in [0, 0.05) is 104 Å². The van der Waals surface area contributed by atoms with Gasteiger partial charge in [-0.3, -0.25) is 40.0 Å². The monoisotopic (exact) mass is 1140 g/mol. The number of ketones is 2. The Balaban J connectivity index is 0.000000204. The van der Waals surface area contributed by atoms with E-state index in [1.807, 2.05) is 0 Å². The number of carbonyl (C=O) groups is 2. The molecule has 4 aromatic rings. The fourth-order valence-corrected chi connectivity index (χ4v) is 9.49. The van der Waals surface area contributed by atoms with E-state index in [0.29, 0.717) is 0 Å². The van der Waals surface area contributed by atoms with Crippen LogP contribution in [0.1, 0.15) is 57.1 Å². The third kappa shape index (κ3) is 13.0. The van der Waals surface area contributed by atoms with Crippen molar-refractivity contribution in [3.8, 4) is 5.75 Å². The summed E-state index contributed by atoms with van der Waals surface area (Å²) in [5.41, 5.74) is 6.64. The summed E-state index contributed by atoms with van der Waals surface area (Å²) >= 11 is 16.3. The van der Waals surface area contributed by atoms with Crippen LogP contribution in [-0.2, 0) is 31.8 Å². The van der Waals surface area contributed by atoms with Gasteiger partial charge in [0.25, 0.3) is 0 Å². The number of anilines is 1. The summed E-state index contributed by atoms with van der Waals surface area (Å²) in [7, 11) is 3.99. The summed E-state index contributed by atoms with van der Waals surface area (Å²) in [6.07, 6.45) is 17.1. The number of ether oxygens (including phenoxy) is 1. The number of carbonyl (C=O) groups excluding carboxylic acids is 2. The predicted octanol–water partition coefficient (Wildman–Crippen LogP) is 8.98. The molecule has 0 bridgehead atoms. The molecule has 0 amide bonds. The number of hydrogen-bond donors (Lipinski definition) is 2. The number of benzene rings is 2. The van der Waals surface area contributed by atoms with E-state index >= 15 is 0 Å². The Morgan fingerprint density at radius 2 is 1.36 bits per heavy atom. The number of nitrogens with zero attached hydrogens (tertiary/aromatic N) is 10. The van der Waals surface area contributed by atoms with Crippen LogP contribution in [-0.4, -0.2) is 80.6 Å². The Morgan fingerprint density at radius 1 is 0.829 bits per heavy atom. The number of halogens is 3. The molecule has 3 aliphatic carbocycles. The summed E-state index contributed by atoms with van der Waals surface area (Å²) in [5, 5.41) is 53.7. The van der Waals surface area contributed by atoms with Gasteiger partial charge in [-0.15, -0.1) is 0 Å². The smallest absolute Gasteiger partial charge is 0.319 e. The van der Waals surface area contributed by atoms with E-state index in [2.05, 4.69) is 125 Å². The molecular weight excluding hydrogens is 1100 g/mol. The van der Waals surface area contributed by atoms with Crippen molar-refractivity contribution in [3.05, 3.63) is 146 Å². The average molecular weight is 1140 g/mol. The first-order valence-corrected chi connectivity index (χ1v) is 24.1. The van der Waals surface area contributed by atoms with Gasteiger partial charge in [0.1, 0.15) is 35.7 Å². The molecule has 19 nitrogen and oxygen atoms in total. The molecule has 1 saturated carbocycles. The molecule has 0 saturated heterocycles. The number of hydrogen-bond acceptors (Lipinski definition) is 16. The van der Waals surface area contributed by atoms with E-state index in [-0.39, 0.29) is 74.8 Å². The van der Waals surface area contributed by atoms with Gasteiger partial charge in [0.05, 0.1) is 32.4 Å². The Kier molecular flexibility index (Phi) is 19.3. The van der Waals surface area contributed by atoms with E-state index in [1.54, 1.807) is 7.11 Å². The Labute approximate surface area is 436 Å². The third-order valence-electron chi connectivity index (χ3n) is 11.0. The standard InChI is InChI=1S/C27H34BrN2O.2C9H5ClN4O4S.Co/c1-5-30(6-2)22-13-10-20(25(19-22)31-4)11-15-26-27(16-8-7-9-17-27)23-18-21(28)12-14-24(23)29(26)3;2*10-4-1-5(7(16)2-6(4)15)12-13-9-11-3-8(19-9)14(17)18;/h10-15,18-19H,5-9,16-17H2,1-4H3;2*1-3H,(H2,11,13,15,16);/q+1;;;/p-2. The molecule has 1 radical (unpaired) electrons. The molecule has 0 unspecified atom stereocenters. The van der Waals surface area contributed by atoms with Crippen LogP contribution in [0.5, 0.6) is 5.75 Å². The number of aliphatic hydroxyl groups excluding tert-OH is 2. The Morgan fingerprint density at radius 3 is 1.83 bits per heavy atom. The Bertz CT molecular complexity index is 2980. The topological polar surface area (TPSA) is 254 Å². The maximum atomic E-state index is 11.1. The molecule has 4 aliphatic rings. The van der Waals surface area contributed by atoms with Gasteiger partial charge in [-0.1, -0.05) is 81.1 Å². The van der Waals surface area contributed by atoms with Crippen molar-refractivity contribution in [1.82, 2.24) is 9.97 Å². The summed E-state index contributed by atoms with van der Waals surface area (Å²) in [5.74, 6) is -0.917. The van der Waals surface area contributed by atoms with Crippen LogP contribution >= 0.6 is 61.8 Å². The zero-order valence-corrected chi connectivity index (χ0v) is 43.3. The van der Waals surface area contributed by atoms with Crippen molar-refractivity contribution in [2.45, 2.75) is 51.4 Å². The first kappa shape index (κ1) is 54.9. The second-order valence-corrected chi connectivity index (χ2v) is 18.8. The first-order chi connectivity index (χ1) is 33.0. The predicted molar refractivity (Wildman–Crippen MR) is 269 cm³/mol. The molecule has 2 aromatic heterocycles. The molecule has 25 heteroatoms. The molecule has 2 N–H and O–H groups in total. The summed E-state index contributed by atoms with van der Waals surface area (Å²) in [4.78, 5) is 51.6. The number of nitro groups is 2. The molecule has 70 heavy (non-hydrogen) atoms. The molecule has 369 valence electrons. The van der Waals surface area contributed by atoms with Crippen LogP contribution in [0.15, 0.2) is 126 Å². The molecule has 8 rings (SSSR count). The maximum Gasteiger partial charge on any atom is 0.319 e. The molecule has 1 aliphatic heterocycles. The van der Waals surface area contributed by atoms with Gasteiger partial charge in [0.2, 0.25) is 17.3 Å². The van der Waals surface area contributed by atoms with Crippen LogP contribution in [0.25, 0.3) is 6.08 Å². The van der Waals surface area contributed by atoms with Gasteiger partial charge >= 0.3 is 10.0 Å². The first-order valence-electron chi connectivity index (χ1n) is 20.9. The van der Waals surface area contributed by atoms with E-state index in [1.165, 1.54) is 59.2 Å². The van der Waals surface area contributed by atoms with Crippen LogP contribution in [0.4, 0.5) is 21.4 Å². The van der Waals surface area contributed by atoms with Crippen molar-refractivity contribution in [1.29, 1.82) is 0 Å². The van der Waals surface area contributed by atoms with E-state index < -0.39 is 21.4 Å². The second kappa shape index (κ2) is 24.7. The van der Waals surface area contributed by atoms with Crippen LogP contribution < -0.4 is 29.2 Å². The van der Waals surface area contributed by atoms with Crippen molar-refractivity contribution in [3.63, 3.8) is 0 Å². The molecular formula is C45H42BrCl2CoN10O9S2-. The second-order valence-electron chi connectivity index (χ2n) is 15.1. The minimum absolute atomic E-state index is 0. The van der Waals surface area contributed by atoms with Crippen molar-refractivity contribution >= 4 is 118 Å². The number of aliphatic hydroxyl groups is 2. The molecule has 1 fully saturated rings. The number of fused-ring (bicyclic) bond motifs is 2. The maximum absolute atomic E-state index is 11.1. The van der Waals surface area contributed by atoms with E-state index in [0.717, 1.165) is 83.8 Å². The normalized spacial score (nSPS) is 17.8. The Hall–Kier alpha value is -6.08. The molecule has 1 spiro atoms. The fraction of sp³-hybridized carbons (Fsp3) is 0.267. The van der Waals surface area contributed by atoms with Gasteiger partial charge in [0.15, 0.2) is 5.71 Å². The number of methoxy groups -OCH3 is 1. The quantitative estimate of drug-likeness (QED) is 0.0653. The van der Waals surface area contributed by atoms with E-state index in [4.69, 9.17) is 27.9 Å². The third-order valence-corrected chi connectivity index (χ3v) is 13.8. The number of aromatic nitrogens is 2. The number of rotatable bonds is 10. The largest absolute Gasteiger partial charge is 0.506 e. The van der Waals surface area contributed by atoms with Crippen LogP contribution in [0.3, 0.4) is 0 Å². The van der Waals surface area contributed by atoms with Crippen molar-refractivity contribution in [2.24, 2.45) is 20.4 Å². The summed E-state index contributed by atoms with van der Waals surface area (Å²) in [6, 6.07) is 13.3. The fourth-order valence-electron chi connectivity index (χ4n) is 7.71. The molecule has 2 aromatic carbocycles. The minimum Gasteiger partial charge on any atom is -0.506 e.